The maximum Gasteiger partial charge on any atom is 0.280 e. The van der Waals surface area contributed by atoms with Crippen LogP contribution in [0.3, 0.4) is 0 Å². The lowest BCUT2D eigenvalue weighted by Gasteiger charge is -2.23. The van der Waals surface area contributed by atoms with Crippen molar-refractivity contribution in [3.63, 3.8) is 0 Å². The van der Waals surface area contributed by atoms with E-state index in [0.717, 1.165) is 17.9 Å². The van der Waals surface area contributed by atoms with Gasteiger partial charge in [0, 0.05) is 20.1 Å². The van der Waals surface area contributed by atoms with E-state index in [1.165, 1.54) is 0 Å². The lowest BCUT2D eigenvalue weighted by Crippen LogP contribution is -2.35. The topological polar surface area (TPSA) is 54.3 Å². The summed E-state index contributed by atoms with van der Waals surface area (Å²) >= 11 is 0. The number of anilines is 2. The zero-order valence-corrected chi connectivity index (χ0v) is 14.2. The van der Waals surface area contributed by atoms with Crippen molar-refractivity contribution in [3.05, 3.63) is 35.7 Å². The molecule has 1 aromatic carbocycles. The quantitative estimate of drug-likeness (QED) is 0.854. The largest absolute Gasteiger partial charge is 0.373 e. The molecule has 1 amide bonds. The summed E-state index contributed by atoms with van der Waals surface area (Å²) in [4.78, 5) is 18.7. The molecule has 0 N–H and O–H groups in total. The summed E-state index contributed by atoms with van der Waals surface area (Å²) in [5, 5.41) is 8.66. The average Bonchev–Trinajstić information content (AvgIpc) is 2.87. The van der Waals surface area contributed by atoms with Crippen molar-refractivity contribution in [1.82, 2.24) is 15.0 Å². The fraction of sp³-hybridized carbons (Fsp3) is 0.471. The first-order valence-electron chi connectivity index (χ1n) is 8.05. The molecule has 0 saturated carbocycles. The maximum absolute atomic E-state index is 13.1. The van der Waals surface area contributed by atoms with E-state index in [0.29, 0.717) is 30.4 Å². The minimum atomic E-state index is -0.0724. The Morgan fingerprint density at radius 2 is 1.91 bits per heavy atom. The van der Waals surface area contributed by atoms with Crippen LogP contribution in [-0.2, 0) is 6.54 Å². The number of aryl methyl sites for hydroxylation is 2. The second-order valence-electron chi connectivity index (χ2n) is 6.21. The fourth-order valence-corrected chi connectivity index (χ4v) is 3.14. The highest BCUT2D eigenvalue weighted by Crippen LogP contribution is 2.33. The first-order chi connectivity index (χ1) is 11.0. The Labute approximate surface area is 136 Å². The Morgan fingerprint density at radius 3 is 2.57 bits per heavy atom. The number of hydrogen-bond acceptors (Lipinski definition) is 4. The Kier molecular flexibility index (Phi) is 4.07. The molecule has 1 aliphatic heterocycles. The van der Waals surface area contributed by atoms with E-state index in [-0.39, 0.29) is 5.91 Å². The molecule has 6 nitrogen and oxygen atoms in total. The van der Waals surface area contributed by atoms with Crippen LogP contribution in [-0.4, -0.2) is 41.0 Å². The van der Waals surface area contributed by atoms with Gasteiger partial charge >= 0.3 is 0 Å². The van der Waals surface area contributed by atoms with Gasteiger partial charge in [-0.2, -0.15) is 9.90 Å². The Bertz CT molecular complexity index is 724. The second kappa shape index (κ2) is 6.02. The van der Waals surface area contributed by atoms with Crippen molar-refractivity contribution in [2.75, 3.05) is 29.9 Å². The van der Waals surface area contributed by atoms with E-state index in [2.05, 4.69) is 35.1 Å². The number of carbonyl (C=O) groups is 1. The number of amides is 1. The smallest absolute Gasteiger partial charge is 0.280 e. The van der Waals surface area contributed by atoms with Crippen LogP contribution in [0.2, 0.25) is 0 Å². The summed E-state index contributed by atoms with van der Waals surface area (Å²) in [5.41, 5.74) is 3.14. The van der Waals surface area contributed by atoms with Gasteiger partial charge in [0.05, 0.1) is 23.6 Å². The molecule has 1 atom stereocenters. The third-order valence-corrected chi connectivity index (χ3v) is 4.22. The van der Waals surface area contributed by atoms with Gasteiger partial charge in [-0.1, -0.05) is 19.1 Å². The SMILES string of the molecule is CCn1nc(C)c(C(=O)N2CC(C)CN(C)c3ccccc32)n1. The van der Waals surface area contributed by atoms with Crippen molar-refractivity contribution in [2.45, 2.75) is 27.3 Å². The first-order valence-corrected chi connectivity index (χ1v) is 8.05. The highest BCUT2D eigenvalue weighted by molar-refractivity contribution is 6.07. The summed E-state index contributed by atoms with van der Waals surface area (Å²) in [5.74, 6) is 0.301. The molecule has 122 valence electrons. The lowest BCUT2D eigenvalue weighted by molar-refractivity contribution is 0.0978. The number of carbonyl (C=O) groups excluding carboxylic acids is 1. The molecule has 2 heterocycles. The van der Waals surface area contributed by atoms with Crippen LogP contribution in [0.25, 0.3) is 0 Å². The molecule has 1 aromatic heterocycles. The predicted molar refractivity (Wildman–Crippen MR) is 91.0 cm³/mol. The van der Waals surface area contributed by atoms with E-state index in [9.17, 15) is 4.79 Å². The summed E-state index contributed by atoms with van der Waals surface area (Å²) in [6.45, 7) is 8.22. The standard InChI is InChI=1S/C17H23N5O/c1-5-22-18-13(3)16(19-22)17(23)21-11-12(2)10-20(4)14-8-6-7-9-15(14)21/h6-9,12H,5,10-11H2,1-4H3. The zero-order valence-electron chi connectivity index (χ0n) is 14.2. The second-order valence-corrected chi connectivity index (χ2v) is 6.21. The normalized spacial score (nSPS) is 17.8. The van der Waals surface area contributed by atoms with Gasteiger partial charge in [-0.15, -0.1) is 5.10 Å². The molecule has 3 rings (SSSR count). The van der Waals surface area contributed by atoms with Crippen molar-refractivity contribution in [3.8, 4) is 0 Å². The van der Waals surface area contributed by atoms with E-state index in [4.69, 9.17) is 0 Å². The van der Waals surface area contributed by atoms with Crippen molar-refractivity contribution >= 4 is 17.3 Å². The zero-order chi connectivity index (χ0) is 16.6. The number of benzene rings is 1. The summed E-state index contributed by atoms with van der Waals surface area (Å²) < 4.78 is 0. The molecule has 1 aliphatic rings. The fourth-order valence-electron chi connectivity index (χ4n) is 3.14. The van der Waals surface area contributed by atoms with Gasteiger partial charge in [0.2, 0.25) is 0 Å². The first kappa shape index (κ1) is 15.5. The summed E-state index contributed by atoms with van der Waals surface area (Å²) in [6, 6.07) is 8.04. The number of rotatable bonds is 2. The minimum Gasteiger partial charge on any atom is -0.373 e. The van der Waals surface area contributed by atoms with Gasteiger partial charge in [0.1, 0.15) is 0 Å². The van der Waals surface area contributed by atoms with Crippen LogP contribution in [0.4, 0.5) is 11.4 Å². The van der Waals surface area contributed by atoms with Crippen molar-refractivity contribution in [2.24, 2.45) is 5.92 Å². The molecular weight excluding hydrogens is 290 g/mol. The van der Waals surface area contributed by atoms with Crippen LogP contribution >= 0.6 is 0 Å². The van der Waals surface area contributed by atoms with Gasteiger partial charge < -0.3 is 9.80 Å². The van der Waals surface area contributed by atoms with Crippen LogP contribution < -0.4 is 9.80 Å². The molecule has 0 saturated heterocycles. The van der Waals surface area contributed by atoms with Gasteiger partial charge in [-0.3, -0.25) is 4.79 Å². The Hall–Kier alpha value is -2.37. The number of fused-ring (bicyclic) bond motifs is 1. The van der Waals surface area contributed by atoms with Gasteiger partial charge in [-0.25, -0.2) is 0 Å². The summed E-state index contributed by atoms with van der Waals surface area (Å²) in [7, 11) is 2.07. The molecule has 0 bridgehead atoms. The Morgan fingerprint density at radius 1 is 1.22 bits per heavy atom. The number of hydrogen-bond donors (Lipinski definition) is 0. The number of para-hydroxylation sites is 2. The molecule has 0 radical (unpaired) electrons. The van der Waals surface area contributed by atoms with Crippen LogP contribution in [0.5, 0.6) is 0 Å². The molecule has 0 fully saturated rings. The van der Waals surface area contributed by atoms with Crippen molar-refractivity contribution in [1.29, 1.82) is 0 Å². The van der Waals surface area contributed by atoms with Gasteiger partial charge in [0.15, 0.2) is 5.69 Å². The van der Waals surface area contributed by atoms with E-state index < -0.39 is 0 Å². The molecule has 1 unspecified atom stereocenters. The van der Waals surface area contributed by atoms with Gasteiger partial charge in [0.25, 0.3) is 5.91 Å². The molecule has 0 aliphatic carbocycles. The molecule has 0 spiro atoms. The molecule has 6 heteroatoms. The van der Waals surface area contributed by atoms with E-state index in [1.54, 1.807) is 4.80 Å². The average molecular weight is 313 g/mol. The van der Waals surface area contributed by atoms with Crippen LogP contribution in [0.1, 0.15) is 30.0 Å². The minimum absolute atomic E-state index is 0.0724. The van der Waals surface area contributed by atoms with Crippen LogP contribution in [0, 0.1) is 12.8 Å². The van der Waals surface area contributed by atoms with Crippen LogP contribution in [0.15, 0.2) is 24.3 Å². The third-order valence-electron chi connectivity index (χ3n) is 4.22. The third kappa shape index (κ3) is 2.81. The number of nitrogens with zero attached hydrogens (tertiary/aromatic N) is 5. The Balaban J connectivity index is 2.04. The van der Waals surface area contributed by atoms with E-state index in [1.807, 2.05) is 36.9 Å². The highest BCUT2D eigenvalue weighted by atomic mass is 16.2. The highest BCUT2D eigenvalue weighted by Gasteiger charge is 2.29. The maximum atomic E-state index is 13.1. The van der Waals surface area contributed by atoms with Crippen molar-refractivity contribution < 1.29 is 4.79 Å². The number of aromatic nitrogens is 3. The molecule has 23 heavy (non-hydrogen) atoms. The monoisotopic (exact) mass is 313 g/mol. The summed E-state index contributed by atoms with van der Waals surface area (Å²) in [6.07, 6.45) is 0. The molecular formula is C17H23N5O. The molecule has 2 aromatic rings. The lowest BCUT2D eigenvalue weighted by atomic mass is 10.1. The van der Waals surface area contributed by atoms with Gasteiger partial charge in [-0.05, 0) is 31.9 Å². The van der Waals surface area contributed by atoms with E-state index >= 15 is 0 Å². The predicted octanol–water partition coefficient (Wildman–Crippen LogP) is 2.34.